The number of ether oxygens (including phenoxy) is 1. The van der Waals surface area contributed by atoms with Crippen LogP contribution in [-0.4, -0.2) is 54.9 Å². The minimum Gasteiger partial charge on any atom is -0.496 e. The van der Waals surface area contributed by atoms with Crippen molar-refractivity contribution in [2.75, 3.05) is 27.7 Å². The largest absolute Gasteiger partial charge is 0.496 e. The molecule has 2 rings (SSSR count). The second-order valence-electron chi connectivity index (χ2n) is 5.40. The summed E-state index contributed by atoms with van der Waals surface area (Å²) in [5.74, 6) is -1.97. The van der Waals surface area contributed by atoms with Gasteiger partial charge in [0.25, 0.3) is 5.56 Å². The summed E-state index contributed by atoms with van der Waals surface area (Å²) in [4.78, 5) is 25.8. The number of nitrogens with zero attached hydrogens (tertiary/aromatic N) is 1. The van der Waals surface area contributed by atoms with Gasteiger partial charge in [0.1, 0.15) is 5.75 Å². The molecule has 1 aromatic heterocycles. The number of methoxy groups -OCH3 is 1. The molecule has 2 aromatic rings. The normalized spacial score (nSPS) is 11.2. The van der Waals surface area contributed by atoms with Crippen LogP contribution >= 0.6 is 0 Å². The number of aromatic amines is 1. The first-order valence-electron chi connectivity index (χ1n) is 7.20. The van der Waals surface area contributed by atoms with Crippen molar-refractivity contribution in [2.45, 2.75) is 12.6 Å². The lowest BCUT2D eigenvalue weighted by Crippen LogP contribution is -2.21. The molecule has 0 saturated heterocycles. The highest BCUT2D eigenvalue weighted by atomic mass is 19.4. The van der Waals surface area contributed by atoms with Gasteiger partial charge in [-0.25, -0.2) is 4.79 Å². The van der Waals surface area contributed by atoms with E-state index in [1.807, 2.05) is 38.4 Å². The zero-order valence-corrected chi connectivity index (χ0v) is 14.0. The fourth-order valence-corrected chi connectivity index (χ4v) is 1.95. The van der Waals surface area contributed by atoms with Crippen LogP contribution in [0.5, 0.6) is 5.75 Å². The maximum absolute atomic E-state index is 11.9. The highest BCUT2D eigenvalue weighted by Crippen LogP contribution is 2.23. The van der Waals surface area contributed by atoms with Crippen molar-refractivity contribution in [3.63, 3.8) is 0 Å². The Balaban J connectivity index is 0.000000381. The summed E-state index contributed by atoms with van der Waals surface area (Å²) in [5.41, 5.74) is 1.59. The number of halogens is 3. The highest BCUT2D eigenvalue weighted by molar-refractivity contribution is 5.85. The summed E-state index contributed by atoms with van der Waals surface area (Å²) in [5, 5.41) is 8.08. The average Bonchev–Trinajstić information content (AvgIpc) is 2.51. The monoisotopic (exact) mass is 360 g/mol. The first kappa shape index (κ1) is 20.5. The van der Waals surface area contributed by atoms with Gasteiger partial charge >= 0.3 is 12.1 Å². The van der Waals surface area contributed by atoms with Crippen LogP contribution in [0, 0.1) is 0 Å². The Morgan fingerprint density at radius 1 is 1.32 bits per heavy atom. The SMILES string of the molecule is COc1cccc2[nH]c(=O)c(CCN(C)C)cc12.O=C(O)C(F)(F)F. The van der Waals surface area contributed by atoms with E-state index in [2.05, 4.69) is 9.88 Å². The Labute approximate surface area is 141 Å². The number of alkyl halides is 3. The molecule has 1 heterocycles. The third-order valence-electron chi connectivity index (χ3n) is 3.22. The summed E-state index contributed by atoms with van der Waals surface area (Å²) in [6, 6.07) is 7.58. The third-order valence-corrected chi connectivity index (χ3v) is 3.22. The lowest BCUT2D eigenvalue weighted by molar-refractivity contribution is -0.192. The Hall–Kier alpha value is -2.55. The number of rotatable bonds is 4. The highest BCUT2D eigenvalue weighted by Gasteiger charge is 2.38. The molecule has 0 fully saturated rings. The molecule has 138 valence electrons. The van der Waals surface area contributed by atoms with E-state index < -0.39 is 12.1 Å². The van der Waals surface area contributed by atoms with Crippen molar-refractivity contribution in [1.29, 1.82) is 0 Å². The molecular formula is C16H19F3N2O4. The molecule has 0 aliphatic heterocycles. The van der Waals surface area contributed by atoms with E-state index in [9.17, 15) is 18.0 Å². The fraction of sp³-hybridized carbons (Fsp3) is 0.375. The lowest BCUT2D eigenvalue weighted by atomic mass is 10.1. The Bertz CT molecular complexity index is 785. The number of likely N-dealkylation sites (N-methyl/N-ethyl adjacent to an activating group) is 1. The number of carboxylic acids is 1. The molecule has 0 atom stereocenters. The number of H-pyrrole nitrogens is 1. The number of hydrogen-bond acceptors (Lipinski definition) is 4. The molecule has 1 aromatic carbocycles. The zero-order valence-electron chi connectivity index (χ0n) is 14.0. The molecule has 0 bridgehead atoms. The molecule has 0 spiro atoms. The number of aromatic nitrogens is 1. The summed E-state index contributed by atoms with van der Waals surface area (Å²) in [6.07, 6.45) is -4.35. The molecular weight excluding hydrogens is 341 g/mol. The zero-order chi connectivity index (χ0) is 19.2. The van der Waals surface area contributed by atoms with Crippen LogP contribution < -0.4 is 10.3 Å². The van der Waals surface area contributed by atoms with Crippen molar-refractivity contribution in [1.82, 2.24) is 9.88 Å². The second kappa shape index (κ2) is 8.52. The number of benzene rings is 1. The fourth-order valence-electron chi connectivity index (χ4n) is 1.95. The van der Waals surface area contributed by atoms with Gasteiger partial charge in [-0.15, -0.1) is 0 Å². The predicted octanol–water partition coefficient (Wildman–Crippen LogP) is 2.27. The molecule has 25 heavy (non-hydrogen) atoms. The molecule has 0 unspecified atom stereocenters. The van der Waals surface area contributed by atoms with Gasteiger partial charge in [0.2, 0.25) is 0 Å². The number of hydrogen-bond donors (Lipinski definition) is 2. The Morgan fingerprint density at radius 2 is 1.92 bits per heavy atom. The van der Waals surface area contributed by atoms with Gasteiger partial charge in [-0.1, -0.05) is 6.07 Å². The Kier molecular flexibility index (Phi) is 6.98. The minimum absolute atomic E-state index is 0.0161. The summed E-state index contributed by atoms with van der Waals surface area (Å²) in [6.45, 7) is 0.851. The van der Waals surface area contributed by atoms with E-state index in [-0.39, 0.29) is 5.56 Å². The molecule has 6 nitrogen and oxygen atoms in total. The number of nitrogens with one attached hydrogen (secondary N) is 1. The smallest absolute Gasteiger partial charge is 0.490 e. The number of pyridine rings is 1. The van der Waals surface area contributed by atoms with Crippen LogP contribution in [0.2, 0.25) is 0 Å². The standard InChI is InChI=1S/C14H18N2O2.C2HF3O2/c1-16(2)8-7-10-9-11-12(15-14(10)17)5-4-6-13(11)18-3;3-2(4,5)1(6)7/h4-6,9H,7-8H2,1-3H3,(H,15,17);(H,6,7). The van der Waals surface area contributed by atoms with Gasteiger partial charge in [0.15, 0.2) is 0 Å². The quantitative estimate of drug-likeness (QED) is 0.874. The van der Waals surface area contributed by atoms with Gasteiger partial charge in [-0.2, -0.15) is 13.2 Å². The van der Waals surface area contributed by atoms with E-state index >= 15 is 0 Å². The number of carboxylic acid groups (broad SMARTS) is 1. The third kappa shape index (κ3) is 6.11. The first-order valence-corrected chi connectivity index (χ1v) is 7.20. The summed E-state index contributed by atoms with van der Waals surface area (Å²) < 4.78 is 37.1. The molecule has 0 aliphatic rings. The average molecular weight is 360 g/mol. The maximum atomic E-state index is 11.9. The number of fused-ring (bicyclic) bond motifs is 1. The Morgan fingerprint density at radius 3 is 2.40 bits per heavy atom. The molecule has 0 aliphatic carbocycles. The number of carbonyl (C=O) groups is 1. The minimum atomic E-state index is -5.08. The van der Waals surface area contributed by atoms with Crippen LogP contribution in [-0.2, 0) is 11.2 Å². The van der Waals surface area contributed by atoms with Crippen LogP contribution in [0.1, 0.15) is 5.56 Å². The van der Waals surface area contributed by atoms with Gasteiger partial charge in [-0.05, 0) is 38.7 Å². The number of aliphatic carboxylic acids is 1. The van der Waals surface area contributed by atoms with Crippen molar-refractivity contribution in [3.05, 3.63) is 40.2 Å². The van der Waals surface area contributed by atoms with Crippen LogP contribution in [0.15, 0.2) is 29.1 Å². The van der Waals surface area contributed by atoms with E-state index in [0.717, 1.165) is 35.2 Å². The van der Waals surface area contributed by atoms with Gasteiger partial charge in [0, 0.05) is 17.5 Å². The van der Waals surface area contributed by atoms with Gasteiger partial charge in [-0.3, -0.25) is 4.79 Å². The van der Waals surface area contributed by atoms with Gasteiger partial charge in [0.05, 0.1) is 12.6 Å². The molecule has 2 N–H and O–H groups in total. The summed E-state index contributed by atoms with van der Waals surface area (Å²) >= 11 is 0. The van der Waals surface area contributed by atoms with Crippen LogP contribution in [0.3, 0.4) is 0 Å². The topological polar surface area (TPSA) is 82.6 Å². The summed E-state index contributed by atoms with van der Waals surface area (Å²) in [7, 11) is 5.63. The van der Waals surface area contributed by atoms with Crippen molar-refractivity contribution in [2.24, 2.45) is 0 Å². The van der Waals surface area contributed by atoms with E-state index in [1.54, 1.807) is 7.11 Å². The molecule has 0 radical (unpaired) electrons. The van der Waals surface area contributed by atoms with E-state index in [1.165, 1.54) is 0 Å². The van der Waals surface area contributed by atoms with Gasteiger partial charge < -0.3 is 19.7 Å². The van der Waals surface area contributed by atoms with Crippen molar-refractivity contribution in [3.8, 4) is 5.75 Å². The molecule has 9 heteroatoms. The van der Waals surface area contributed by atoms with Crippen LogP contribution in [0.25, 0.3) is 10.9 Å². The van der Waals surface area contributed by atoms with Crippen molar-refractivity contribution >= 4 is 16.9 Å². The molecule has 0 amide bonds. The first-order chi connectivity index (χ1) is 11.6. The molecule has 0 saturated carbocycles. The van der Waals surface area contributed by atoms with E-state index in [0.29, 0.717) is 0 Å². The lowest BCUT2D eigenvalue weighted by Gasteiger charge is -2.10. The maximum Gasteiger partial charge on any atom is 0.490 e. The van der Waals surface area contributed by atoms with Crippen molar-refractivity contribution < 1.29 is 27.8 Å². The van der Waals surface area contributed by atoms with E-state index in [4.69, 9.17) is 14.6 Å². The predicted molar refractivity (Wildman–Crippen MR) is 87.1 cm³/mol. The van der Waals surface area contributed by atoms with Crippen LogP contribution in [0.4, 0.5) is 13.2 Å². The second-order valence-corrected chi connectivity index (χ2v) is 5.40.